The Morgan fingerprint density at radius 2 is 1.68 bits per heavy atom. The van der Waals surface area contributed by atoms with Gasteiger partial charge in [0.1, 0.15) is 11.6 Å². The molecule has 1 aromatic rings. The molecule has 0 radical (unpaired) electrons. The summed E-state index contributed by atoms with van der Waals surface area (Å²) in [5.74, 6) is -0.181. The van der Waals surface area contributed by atoms with Crippen molar-refractivity contribution in [3.8, 4) is 0 Å². The predicted octanol–water partition coefficient (Wildman–Crippen LogP) is 6.67. The third-order valence-corrected chi connectivity index (χ3v) is 5.74. The topological polar surface area (TPSA) is 0 Å². The van der Waals surface area contributed by atoms with Crippen molar-refractivity contribution >= 4 is 0 Å². The Morgan fingerprint density at radius 3 is 2.23 bits per heavy atom. The van der Waals surface area contributed by atoms with Crippen LogP contribution in [0, 0.1) is 23.0 Å². The van der Waals surface area contributed by atoms with Gasteiger partial charge < -0.3 is 0 Å². The van der Waals surface area contributed by atoms with Crippen LogP contribution in [0.25, 0.3) is 0 Å². The molecule has 1 aromatic carbocycles. The van der Waals surface area contributed by atoms with E-state index in [1.165, 1.54) is 63.5 Å². The van der Waals surface area contributed by atoms with Crippen LogP contribution < -0.4 is 0 Å². The zero-order chi connectivity index (χ0) is 16.0. The van der Waals surface area contributed by atoms with Crippen molar-refractivity contribution in [3.63, 3.8) is 0 Å². The third kappa shape index (κ3) is 4.79. The zero-order valence-corrected chi connectivity index (χ0v) is 14.1. The van der Waals surface area contributed by atoms with Gasteiger partial charge in [-0.25, -0.2) is 8.78 Å². The molecule has 2 rings (SSSR count). The molecule has 2 heteroatoms. The molecule has 0 bridgehead atoms. The molecule has 1 fully saturated rings. The Balaban J connectivity index is 1.81. The van der Waals surface area contributed by atoms with Crippen molar-refractivity contribution in [2.45, 2.75) is 78.1 Å². The highest BCUT2D eigenvalue weighted by molar-refractivity contribution is 5.18. The average Bonchev–Trinajstić information content (AvgIpc) is 2.51. The molecule has 0 spiro atoms. The van der Waals surface area contributed by atoms with Crippen molar-refractivity contribution in [1.29, 1.82) is 0 Å². The Morgan fingerprint density at radius 1 is 1.05 bits per heavy atom. The molecule has 0 aliphatic heterocycles. The van der Waals surface area contributed by atoms with Gasteiger partial charge in [-0.15, -0.1) is 0 Å². The lowest BCUT2D eigenvalue weighted by Gasteiger charge is -2.40. The number of hydrogen-bond donors (Lipinski definition) is 0. The van der Waals surface area contributed by atoms with E-state index in [4.69, 9.17) is 0 Å². The van der Waals surface area contributed by atoms with Crippen molar-refractivity contribution < 1.29 is 8.78 Å². The van der Waals surface area contributed by atoms with Gasteiger partial charge in [0, 0.05) is 6.07 Å². The van der Waals surface area contributed by atoms with Crippen LogP contribution in [0.3, 0.4) is 0 Å². The van der Waals surface area contributed by atoms with E-state index >= 15 is 0 Å². The second-order valence-corrected chi connectivity index (χ2v) is 7.22. The van der Waals surface area contributed by atoms with Crippen molar-refractivity contribution in [3.05, 3.63) is 35.4 Å². The maximum atomic E-state index is 13.2. The van der Waals surface area contributed by atoms with Gasteiger partial charge in [0.25, 0.3) is 0 Å². The van der Waals surface area contributed by atoms with Crippen molar-refractivity contribution in [2.75, 3.05) is 0 Å². The lowest BCUT2D eigenvalue weighted by molar-refractivity contribution is 0.123. The van der Waals surface area contributed by atoms with Gasteiger partial charge in [0.2, 0.25) is 0 Å². The van der Waals surface area contributed by atoms with Crippen LogP contribution in [0.4, 0.5) is 8.78 Å². The van der Waals surface area contributed by atoms with Crippen LogP contribution in [0.5, 0.6) is 0 Å². The lowest BCUT2D eigenvalue weighted by Crippen LogP contribution is -2.27. The molecule has 0 unspecified atom stereocenters. The first-order valence-electron chi connectivity index (χ1n) is 9.02. The SMILES string of the molecule is CCCCC1(CC)CCC(CCc2cc(F)cc(F)c2)CC1. The van der Waals surface area contributed by atoms with Crippen LogP contribution in [0.1, 0.15) is 77.2 Å². The number of halogens is 2. The van der Waals surface area contributed by atoms with E-state index in [1.807, 2.05) is 0 Å². The summed E-state index contributed by atoms with van der Waals surface area (Å²) in [5.41, 5.74) is 1.38. The molecule has 0 N–H and O–H groups in total. The van der Waals surface area contributed by atoms with Crippen molar-refractivity contribution in [2.24, 2.45) is 11.3 Å². The summed E-state index contributed by atoms with van der Waals surface area (Å²) in [6, 6.07) is 3.90. The molecule has 1 saturated carbocycles. The summed E-state index contributed by atoms with van der Waals surface area (Å²) in [7, 11) is 0. The fourth-order valence-electron chi connectivity index (χ4n) is 4.04. The number of rotatable bonds is 7. The van der Waals surface area contributed by atoms with Gasteiger partial charge in [-0.2, -0.15) is 0 Å². The minimum atomic E-state index is -0.455. The molecule has 0 atom stereocenters. The average molecular weight is 308 g/mol. The van der Waals surface area contributed by atoms with Gasteiger partial charge in [-0.05, 0) is 74.0 Å². The van der Waals surface area contributed by atoms with E-state index in [0.29, 0.717) is 5.41 Å². The van der Waals surface area contributed by atoms with E-state index < -0.39 is 11.6 Å². The number of aryl methyl sites for hydroxylation is 1. The van der Waals surface area contributed by atoms with Crippen LogP contribution in [-0.2, 0) is 6.42 Å². The summed E-state index contributed by atoms with van der Waals surface area (Å²) >= 11 is 0. The fraction of sp³-hybridized carbons (Fsp3) is 0.700. The first-order valence-corrected chi connectivity index (χ1v) is 9.02. The van der Waals surface area contributed by atoms with Crippen LogP contribution in [0.2, 0.25) is 0 Å². The second-order valence-electron chi connectivity index (χ2n) is 7.22. The largest absolute Gasteiger partial charge is 0.207 e. The minimum absolute atomic E-state index is 0.455. The highest BCUT2D eigenvalue weighted by Gasteiger charge is 2.32. The Kier molecular flexibility index (Phi) is 6.40. The second kappa shape index (κ2) is 8.08. The van der Waals surface area contributed by atoms with E-state index in [1.54, 1.807) is 0 Å². The third-order valence-electron chi connectivity index (χ3n) is 5.74. The van der Waals surface area contributed by atoms with E-state index in [2.05, 4.69) is 13.8 Å². The number of unbranched alkanes of at least 4 members (excludes halogenated alkanes) is 1. The molecular weight excluding hydrogens is 278 g/mol. The highest BCUT2D eigenvalue weighted by Crippen LogP contribution is 2.46. The molecule has 1 aliphatic carbocycles. The summed E-state index contributed by atoms with van der Waals surface area (Å²) < 4.78 is 26.4. The van der Waals surface area contributed by atoms with Gasteiger partial charge in [-0.3, -0.25) is 0 Å². The Hall–Kier alpha value is -0.920. The maximum absolute atomic E-state index is 13.2. The monoisotopic (exact) mass is 308 g/mol. The summed E-state index contributed by atoms with van der Waals surface area (Å²) in [4.78, 5) is 0. The highest BCUT2D eigenvalue weighted by atomic mass is 19.1. The number of benzene rings is 1. The molecular formula is C20H30F2. The standard InChI is InChI=1S/C20H30F2/c1-3-5-10-20(4-2)11-8-16(9-12-20)6-7-17-13-18(21)15-19(22)14-17/h13-16H,3-12H2,1-2H3. The van der Waals surface area contributed by atoms with Gasteiger partial charge in [0.05, 0.1) is 0 Å². The zero-order valence-electron chi connectivity index (χ0n) is 14.1. The van der Waals surface area contributed by atoms with E-state index in [9.17, 15) is 8.78 Å². The molecule has 1 aliphatic rings. The smallest absolute Gasteiger partial charge is 0.126 e. The molecule has 22 heavy (non-hydrogen) atoms. The molecule has 0 heterocycles. The molecule has 0 saturated heterocycles. The minimum Gasteiger partial charge on any atom is -0.207 e. The molecule has 0 aromatic heterocycles. The van der Waals surface area contributed by atoms with Gasteiger partial charge in [0.15, 0.2) is 0 Å². The molecule has 124 valence electrons. The normalized spacial score (nSPS) is 25.4. The van der Waals surface area contributed by atoms with Crippen LogP contribution in [0.15, 0.2) is 18.2 Å². The van der Waals surface area contributed by atoms with Crippen LogP contribution in [-0.4, -0.2) is 0 Å². The number of hydrogen-bond acceptors (Lipinski definition) is 0. The Labute approximate surface area is 134 Å². The molecule has 0 amide bonds. The lowest BCUT2D eigenvalue weighted by atomic mass is 9.66. The predicted molar refractivity (Wildman–Crippen MR) is 88.9 cm³/mol. The summed E-state index contributed by atoms with van der Waals surface area (Å²) in [5, 5.41) is 0. The van der Waals surface area contributed by atoms with Gasteiger partial charge >= 0.3 is 0 Å². The van der Waals surface area contributed by atoms with E-state index in [0.717, 1.165) is 30.4 Å². The van der Waals surface area contributed by atoms with E-state index in [-0.39, 0.29) is 0 Å². The first kappa shape index (κ1) is 17.4. The molecule has 0 nitrogen and oxygen atoms in total. The maximum Gasteiger partial charge on any atom is 0.126 e. The first-order chi connectivity index (χ1) is 10.6. The quantitative estimate of drug-likeness (QED) is 0.527. The van der Waals surface area contributed by atoms with Crippen LogP contribution >= 0.6 is 0 Å². The fourth-order valence-corrected chi connectivity index (χ4v) is 4.04. The summed E-state index contributed by atoms with van der Waals surface area (Å²) in [6.45, 7) is 4.61. The summed E-state index contributed by atoms with van der Waals surface area (Å²) in [6.07, 6.45) is 12.4. The Bertz CT molecular complexity index is 439. The van der Waals surface area contributed by atoms with Crippen molar-refractivity contribution in [1.82, 2.24) is 0 Å². The van der Waals surface area contributed by atoms with Gasteiger partial charge in [-0.1, -0.05) is 33.1 Å².